The van der Waals surface area contributed by atoms with Crippen LogP contribution in [0.1, 0.15) is 21.5 Å². The van der Waals surface area contributed by atoms with Gasteiger partial charge < -0.3 is 15.4 Å². The van der Waals surface area contributed by atoms with Crippen molar-refractivity contribution in [1.29, 1.82) is 0 Å². The molecule has 1 heterocycles. The number of nitrogens with two attached hydrogens (primary N) is 1. The lowest BCUT2D eigenvalue weighted by Crippen LogP contribution is -2.10. The van der Waals surface area contributed by atoms with Gasteiger partial charge in [0.2, 0.25) is 0 Å². The van der Waals surface area contributed by atoms with Crippen LogP contribution in [-0.2, 0) is 11.3 Å². The molecule has 1 aromatic carbocycles. The number of hydrogen-bond donors (Lipinski definition) is 1. The molecule has 0 unspecified atom stereocenters. The summed E-state index contributed by atoms with van der Waals surface area (Å²) in [6, 6.07) is 6.14. The van der Waals surface area contributed by atoms with Gasteiger partial charge in [0.1, 0.15) is 4.88 Å². The predicted octanol–water partition coefficient (Wildman–Crippen LogP) is 3.14. The second-order valence-corrected chi connectivity index (χ2v) is 6.51. The van der Waals surface area contributed by atoms with Gasteiger partial charge in [0.25, 0.3) is 5.69 Å². The summed E-state index contributed by atoms with van der Waals surface area (Å²) in [6.45, 7) is 2.60. The molecule has 2 N–H and O–H groups in total. The van der Waals surface area contributed by atoms with E-state index in [1.807, 2.05) is 19.0 Å². The molecule has 0 fully saturated rings. The first-order valence-corrected chi connectivity index (χ1v) is 8.14. The van der Waals surface area contributed by atoms with Gasteiger partial charge in [-0.2, -0.15) is 0 Å². The van der Waals surface area contributed by atoms with Crippen LogP contribution in [0, 0.1) is 10.1 Å². The number of benzene rings is 1. The topological polar surface area (TPSA) is 98.7 Å². The van der Waals surface area contributed by atoms with Gasteiger partial charge in [0, 0.05) is 29.1 Å². The smallest absolute Gasteiger partial charge is 0.350 e. The number of carbonyl (C=O) groups is 1. The number of esters is 1. The summed E-state index contributed by atoms with van der Waals surface area (Å²) in [7, 11) is 3.83. The fourth-order valence-corrected chi connectivity index (χ4v) is 3.56. The molecule has 0 spiro atoms. The van der Waals surface area contributed by atoms with Crippen LogP contribution in [0.15, 0.2) is 24.3 Å². The molecule has 2 rings (SSSR count). The Hall–Kier alpha value is -2.45. The highest BCUT2D eigenvalue weighted by molar-refractivity contribution is 7.15. The summed E-state index contributed by atoms with van der Waals surface area (Å²) >= 11 is 1.29. The molecular formula is C16H19N3O4S. The maximum atomic E-state index is 12.1. The zero-order chi connectivity index (χ0) is 17.9. The molecule has 8 heteroatoms. The largest absolute Gasteiger partial charge is 0.462 e. The lowest BCUT2D eigenvalue weighted by Gasteiger charge is -2.10. The minimum absolute atomic E-state index is 0.00678. The molecule has 2 aromatic rings. The number of rotatable bonds is 6. The molecule has 1 aromatic heterocycles. The molecule has 24 heavy (non-hydrogen) atoms. The number of non-ortho nitro benzene ring substituents is 1. The fraction of sp³-hybridized carbons (Fsp3) is 0.312. The Morgan fingerprint density at radius 2 is 1.96 bits per heavy atom. The average Bonchev–Trinajstić information content (AvgIpc) is 2.83. The number of ether oxygens (including phenoxy) is 1. The third-order valence-electron chi connectivity index (χ3n) is 3.31. The van der Waals surface area contributed by atoms with E-state index < -0.39 is 10.9 Å². The molecule has 128 valence electrons. The van der Waals surface area contributed by atoms with Crippen LogP contribution in [0.4, 0.5) is 11.4 Å². The van der Waals surface area contributed by atoms with Crippen molar-refractivity contribution in [3.8, 4) is 11.1 Å². The second-order valence-electron chi connectivity index (χ2n) is 5.41. The summed E-state index contributed by atoms with van der Waals surface area (Å²) in [6.07, 6.45) is 0. The minimum Gasteiger partial charge on any atom is -0.462 e. The number of carbonyl (C=O) groups excluding carboxylic acids is 1. The molecule has 0 amide bonds. The lowest BCUT2D eigenvalue weighted by atomic mass is 10.0. The summed E-state index contributed by atoms with van der Waals surface area (Å²) in [4.78, 5) is 25.7. The van der Waals surface area contributed by atoms with E-state index in [-0.39, 0.29) is 12.3 Å². The van der Waals surface area contributed by atoms with Gasteiger partial charge in [-0.05, 0) is 38.7 Å². The third-order valence-corrected chi connectivity index (χ3v) is 4.48. The molecule has 0 aliphatic rings. The summed E-state index contributed by atoms with van der Waals surface area (Å²) in [5.41, 5.74) is 8.02. The summed E-state index contributed by atoms with van der Waals surface area (Å²) in [5, 5.41) is 10.8. The Balaban J connectivity index is 2.53. The van der Waals surface area contributed by atoms with Gasteiger partial charge in [0.15, 0.2) is 0 Å². The molecule has 0 saturated carbocycles. The highest BCUT2D eigenvalue weighted by Gasteiger charge is 2.23. The van der Waals surface area contributed by atoms with Crippen LogP contribution in [0.25, 0.3) is 11.1 Å². The van der Waals surface area contributed by atoms with Crippen molar-refractivity contribution in [1.82, 2.24) is 4.90 Å². The number of nitrogens with zero attached hydrogens (tertiary/aromatic N) is 2. The molecule has 0 saturated heterocycles. The highest BCUT2D eigenvalue weighted by Crippen LogP contribution is 2.40. The Morgan fingerprint density at radius 1 is 1.33 bits per heavy atom. The Bertz CT molecular complexity index is 753. The Morgan fingerprint density at radius 3 is 2.46 bits per heavy atom. The van der Waals surface area contributed by atoms with E-state index >= 15 is 0 Å². The van der Waals surface area contributed by atoms with Gasteiger partial charge in [-0.3, -0.25) is 10.1 Å². The van der Waals surface area contributed by atoms with E-state index in [1.165, 1.54) is 23.5 Å². The van der Waals surface area contributed by atoms with Gasteiger partial charge in [-0.1, -0.05) is 0 Å². The normalized spacial score (nSPS) is 10.8. The zero-order valence-corrected chi connectivity index (χ0v) is 14.6. The monoisotopic (exact) mass is 349 g/mol. The van der Waals surface area contributed by atoms with Crippen molar-refractivity contribution in [3.63, 3.8) is 0 Å². The van der Waals surface area contributed by atoms with Crippen molar-refractivity contribution in [2.45, 2.75) is 13.5 Å². The third kappa shape index (κ3) is 3.72. The molecule has 7 nitrogen and oxygen atoms in total. The number of anilines is 1. The molecule has 0 bridgehead atoms. The van der Waals surface area contributed by atoms with Crippen molar-refractivity contribution in [2.75, 3.05) is 26.4 Å². The minimum atomic E-state index is -0.453. The molecule has 0 aliphatic heterocycles. The Labute approximate surface area is 143 Å². The number of thiophene rings is 1. The van der Waals surface area contributed by atoms with Crippen molar-refractivity contribution < 1.29 is 14.5 Å². The lowest BCUT2D eigenvalue weighted by molar-refractivity contribution is -0.384. The number of nitrogen functional groups attached to an aromatic ring is 1. The number of nitro groups is 1. The average molecular weight is 349 g/mol. The first-order valence-electron chi connectivity index (χ1n) is 7.33. The van der Waals surface area contributed by atoms with Crippen LogP contribution in [0.3, 0.4) is 0 Å². The van der Waals surface area contributed by atoms with Crippen LogP contribution in [0.2, 0.25) is 0 Å². The van der Waals surface area contributed by atoms with Crippen LogP contribution < -0.4 is 5.73 Å². The van der Waals surface area contributed by atoms with Crippen LogP contribution in [0.5, 0.6) is 0 Å². The zero-order valence-electron chi connectivity index (χ0n) is 13.7. The first kappa shape index (κ1) is 17.9. The standard InChI is InChI=1S/C16H19N3O4S/c1-4-23-16(20)15-14(17)13(12(24-15)9-18(2)3)10-5-7-11(8-6-10)19(21)22/h5-8H,4,9,17H2,1-3H3. The van der Waals surface area contributed by atoms with E-state index in [9.17, 15) is 14.9 Å². The Kier molecular flexibility index (Phi) is 5.53. The van der Waals surface area contributed by atoms with Crippen molar-refractivity contribution >= 4 is 28.7 Å². The van der Waals surface area contributed by atoms with Crippen molar-refractivity contribution in [3.05, 3.63) is 44.1 Å². The first-order chi connectivity index (χ1) is 11.3. The number of nitro benzene ring substituents is 1. The van der Waals surface area contributed by atoms with Crippen LogP contribution in [-0.4, -0.2) is 36.5 Å². The van der Waals surface area contributed by atoms with E-state index in [0.717, 1.165) is 16.0 Å². The van der Waals surface area contributed by atoms with E-state index in [0.29, 0.717) is 17.1 Å². The molecule has 0 radical (unpaired) electrons. The van der Waals surface area contributed by atoms with Crippen molar-refractivity contribution in [2.24, 2.45) is 0 Å². The van der Waals surface area contributed by atoms with Gasteiger partial charge >= 0.3 is 5.97 Å². The predicted molar refractivity (Wildman–Crippen MR) is 94.2 cm³/mol. The maximum absolute atomic E-state index is 12.1. The summed E-state index contributed by atoms with van der Waals surface area (Å²) < 4.78 is 5.06. The SMILES string of the molecule is CCOC(=O)c1sc(CN(C)C)c(-c2ccc([N+](=O)[O-])cc2)c1N. The highest BCUT2D eigenvalue weighted by atomic mass is 32.1. The quantitative estimate of drug-likeness (QED) is 0.489. The summed E-state index contributed by atoms with van der Waals surface area (Å²) in [5.74, 6) is -0.451. The van der Waals surface area contributed by atoms with E-state index in [2.05, 4.69) is 0 Å². The van der Waals surface area contributed by atoms with Gasteiger partial charge in [0.05, 0.1) is 17.2 Å². The maximum Gasteiger partial charge on any atom is 0.350 e. The van der Waals surface area contributed by atoms with E-state index in [4.69, 9.17) is 10.5 Å². The van der Waals surface area contributed by atoms with Gasteiger partial charge in [-0.15, -0.1) is 11.3 Å². The van der Waals surface area contributed by atoms with Crippen LogP contribution >= 0.6 is 11.3 Å². The molecular weight excluding hydrogens is 330 g/mol. The molecule has 0 atom stereocenters. The number of hydrogen-bond acceptors (Lipinski definition) is 7. The van der Waals surface area contributed by atoms with Gasteiger partial charge in [-0.25, -0.2) is 4.79 Å². The fourth-order valence-electron chi connectivity index (χ4n) is 2.31. The second kappa shape index (κ2) is 7.41. The van der Waals surface area contributed by atoms with E-state index in [1.54, 1.807) is 19.1 Å². The molecule has 0 aliphatic carbocycles.